The molecule has 0 fully saturated rings. The lowest BCUT2D eigenvalue weighted by Gasteiger charge is -2.23. The summed E-state index contributed by atoms with van der Waals surface area (Å²) in [5, 5.41) is 5.55. The van der Waals surface area contributed by atoms with Crippen molar-refractivity contribution in [1.29, 1.82) is 0 Å². The molecule has 0 aliphatic carbocycles. The molecule has 2 unspecified atom stereocenters. The molecule has 1 heterocycles. The highest BCUT2D eigenvalue weighted by molar-refractivity contribution is 8.00. The summed E-state index contributed by atoms with van der Waals surface area (Å²) in [5.41, 5.74) is 1.25. The van der Waals surface area contributed by atoms with Gasteiger partial charge in [0, 0.05) is 5.69 Å². The van der Waals surface area contributed by atoms with Gasteiger partial charge in [-0.25, -0.2) is 0 Å². The van der Waals surface area contributed by atoms with Crippen LogP contribution in [0.25, 0.3) is 0 Å². The third kappa shape index (κ3) is 4.16. The minimum Gasteiger partial charge on any atom is -0.479 e. The Balaban J connectivity index is 1.97. The molecule has 2 N–H and O–H groups in total. The number of thioether (sulfide) groups is 1. The molecule has 1 aliphatic heterocycles. The summed E-state index contributed by atoms with van der Waals surface area (Å²) in [6.45, 7) is 5.74. The number of unbranched alkanes of at least 4 members (excludes halogenated alkanes) is 1. The van der Waals surface area contributed by atoms with Gasteiger partial charge in [0.05, 0.1) is 10.9 Å². The standard InChI is InChI=1S/C16H22N2O3S/c1-4-5-8-22-11(3)16(20)17-12-6-7-14-13(9-12)18-15(19)10(2)21-14/h6-7,9-11H,4-5,8H2,1-3H3,(H,17,20)(H,18,19). The molecule has 1 aliphatic rings. The van der Waals surface area contributed by atoms with Crippen molar-refractivity contribution in [3.63, 3.8) is 0 Å². The van der Waals surface area contributed by atoms with E-state index < -0.39 is 6.10 Å². The Morgan fingerprint density at radius 1 is 1.50 bits per heavy atom. The van der Waals surface area contributed by atoms with E-state index in [1.165, 1.54) is 0 Å². The second-order valence-corrected chi connectivity index (χ2v) is 6.76. The van der Waals surface area contributed by atoms with Crippen LogP contribution in [0.2, 0.25) is 0 Å². The first-order chi connectivity index (χ1) is 10.5. The quantitative estimate of drug-likeness (QED) is 0.789. The largest absolute Gasteiger partial charge is 0.479 e. The number of benzene rings is 1. The third-order valence-electron chi connectivity index (χ3n) is 3.41. The molecule has 22 heavy (non-hydrogen) atoms. The smallest absolute Gasteiger partial charge is 0.265 e. The minimum absolute atomic E-state index is 0.0301. The maximum absolute atomic E-state index is 12.1. The van der Waals surface area contributed by atoms with Gasteiger partial charge in [0.25, 0.3) is 5.91 Å². The lowest BCUT2D eigenvalue weighted by Crippen LogP contribution is -2.34. The molecular formula is C16H22N2O3S. The zero-order valence-electron chi connectivity index (χ0n) is 13.1. The average Bonchev–Trinajstić information content (AvgIpc) is 2.49. The van der Waals surface area contributed by atoms with Crippen LogP contribution in [0.1, 0.15) is 33.6 Å². The minimum atomic E-state index is -0.497. The predicted molar refractivity (Wildman–Crippen MR) is 90.6 cm³/mol. The highest BCUT2D eigenvalue weighted by Gasteiger charge is 2.24. The maximum Gasteiger partial charge on any atom is 0.265 e. The van der Waals surface area contributed by atoms with E-state index in [1.807, 2.05) is 6.92 Å². The Kier molecular flexibility index (Phi) is 5.71. The number of fused-ring (bicyclic) bond motifs is 1. The molecule has 5 nitrogen and oxygen atoms in total. The van der Waals surface area contributed by atoms with E-state index in [4.69, 9.17) is 4.74 Å². The molecule has 0 radical (unpaired) electrons. The number of amides is 2. The van der Waals surface area contributed by atoms with Gasteiger partial charge in [0.1, 0.15) is 5.75 Å². The van der Waals surface area contributed by atoms with Crippen LogP contribution < -0.4 is 15.4 Å². The molecule has 2 rings (SSSR count). The number of anilines is 2. The van der Waals surface area contributed by atoms with E-state index in [1.54, 1.807) is 36.9 Å². The van der Waals surface area contributed by atoms with Crippen LogP contribution in [0, 0.1) is 0 Å². The molecule has 1 aromatic carbocycles. The number of ether oxygens (including phenoxy) is 1. The summed E-state index contributed by atoms with van der Waals surface area (Å²) in [5.74, 6) is 1.39. The van der Waals surface area contributed by atoms with Crippen LogP contribution >= 0.6 is 11.8 Å². The fourth-order valence-corrected chi connectivity index (χ4v) is 3.03. The molecule has 6 heteroatoms. The highest BCUT2D eigenvalue weighted by atomic mass is 32.2. The summed E-state index contributed by atoms with van der Waals surface area (Å²) < 4.78 is 5.49. The number of carbonyl (C=O) groups is 2. The Morgan fingerprint density at radius 2 is 2.27 bits per heavy atom. The second-order valence-electron chi connectivity index (χ2n) is 5.32. The predicted octanol–water partition coefficient (Wildman–Crippen LogP) is 3.27. The second kappa shape index (κ2) is 7.54. The fraction of sp³-hybridized carbons (Fsp3) is 0.500. The SMILES string of the molecule is CCCCSC(C)C(=O)Nc1ccc2c(c1)NC(=O)C(C)O2. The first-order valence-corrected chi connectivity index (χ1v) is 8.60. The van der Waals surface area contributed by atoms with E-state index >= 15 is 0 Å². The van der Waals surface area contributed by atoms with Gasteiger partial charge in [-0.05, 0) is 44.2 Å². The topological polar surface area (TPSA) is 67.4 Å². The van der Waals surface area contributed by atoms with Gasteiger partial charge in [-0.15, -0.1) is 11.8 Å². The van der Waals surface area contributed by atoms with Crippen LogP contribution in [0.5, 0.6) is 5.75 Å². The van der Waals surface area contributed by atoms with Crippen LogP contribution in [0.3, 0.4) is 0 Å². The Labute approximate surface area is 135 Å². The first-order valence-electron chi connectivity index (χ1n) is 7.55. The van der Waals surface area contributed by atoms with Crippen molar-refractivity contribution in [3.8, 4) is 5.75 Å². The molecule has 0 saturated carbocycles. The van der Waals surface area contributed by atoms with Gasteiger partial charge in [-0.3, -0.25) is 9.59 Å². The molecule has 2 amide bonds. The van der Waals surface area contributed by atoms with Crippen molar-refractivity contribution >= 4 is 35.0 Å². The molecule has 120 valence electrons. The highest BCUT2D eigenvalue weighted by Crippen LogP contribution is 2.32. The summed E-state index contributed by atoms with van der Waals surface area (Å²) >= 11 is 1.65. The monoisotopic (exact) mass is 322 g/mol. The van der Waals surface area contributed by atoms with E-state index in [0.717, 1.165) is 18.6 Å². The van der Waals surface area contributed by atoms with Crippen molar-refractivity contribution < 1.29 is 14.3 Å². The van der Waals surface area contributed by atoms with E-state index in [2.05, 4.69) is 17.6 Å². The number of nitrogens with one attached hydrogen (secondary N) is 2. The van der Waals surface area contributed by atoms with E-state index in [9.17, 15) is 9.59 Å². The maximum atomic E-state index is 12.1. The first kappa shape index (κ1) is 16.7. The normalized spacial score (nSPS) is 18.0. The van der Waals surface area contributed by atoms with Gasteiger partial charge < -0.3 is 15.4 Å². The Hall–Kier alpha value is -1.69. The summed E-state index contributed by atoms with van der Waals surface area (Å²) in [6.07, 6.45) is 1.75. The number of carbonyl (C=O) groups excluding carboxylic acids is 2. The fourth-order valence-electron chi connectivity index (χ4n) is 2.01. The number of hydrogen-bond donors (Lipinski definition) is 2. The summed E-state index contributed by atoms with van der Waals surface area (Å²) in [7, 11) is 0. The number of rotatable bonds is 6. The average molecular weight is 322 g/mol. The van der Waals surface area contributed by atoms with E-state index in [-0.39, 0.29) is 17.1 Å². The van der Waals surface area contributed by atoms with Crippen LogP contribution in [0.4, 0.5) is 11.4 Å². The van der Waals surface area contributed by atoms with Crippen molar-refractivity contribution in [2.45, 2.75) is 45.0 Å². The van der Waals surface area contributed by atoms with Crippen LogP contribution in [-0.2, 0) is 9.59 Å². The van der Waals surface area contributed by atoms with Crippen LogP contribution in [-0.4, -0.2) is 28.9 Å². The molecule has 0 spiro atoms. The van der Waals surface area contributed by atoms with Gasteiger partial charge in [0.15, 0.2) is 6.10 Å². The van der Waals surface area contributed by atoms with E-state index in [0.29, 0.717) is 17.1 Å². The molecule has 0 saturated heterocycles. The molecule has 2 atom stereocenters. The Bertz CT molecular complexity index is 562. The lowest BCUT2D eigenvalue weighted by molar-refractivity contribution is -0.122. The summed E-state index contributed by atoms with van der Waals surface area (Å²) in [6, 6.07) is 5.26. The molecule has 0 aromatic heterocycles. The van der Waals surface area contributed by atoms with Gasteiger partial charge in [-0.2, -0.15) is 0 Å². The van der Waals surface area contributed by atoms with Gasteiger partial charge >= 0.3 is 0 Å². The third-order valence-corrected chi connectivity index (χ3v) is 4.65. The van der Waals surface area contributed by atoms with Crippen molar-refractivity contribution in [2.24, 2.45) is 0 Å². The zero-order valence-corrected chi connectivity index (χ0v) is 14.0. The summed E-state index contributed by atoms with van der Waals surface area (Å²) in [4.78, 5) is 23.8. The zero-order chi connectivity index (χ0) is 16.1. The van der Waals surface area contributed by atoms with Crippen LogP contribution in [0.15, 0.2) is 18.2 Å². The molecular weight excluding hydrogens is 300 g/mol. The molecule has 0 bridgehead atoms. The Morgan fingerprint density at radius 3 is 3.00 bits per heavy atom. The van der Waals surface area contributed by atoms with Gasteiger partial charge in [0.2, 0.25) is 5.91 Å². The number of hydrogen-bond acceptors (Lipinski definition) is 4. The van der Waals surface area contributed by atoms with Crippen molar-refractivity contribution in [2.75, 3.05) is 16.4 Å². The lowest BCUT2D eigenvalue weighted by atomic mass is 10.2. The molecule has 1 aromatic rings. The van der Waals surface area contributed by atoms with Gasteiger partial charge in [-0.1, -0.05) is 13.3 Å². The van der Waals surface area contributed by atoms with Crippen molar-refractivity contribution in [1.82, 2.24) is 0 Å². The van der Waals surface area contributed by atoms with Crippen molar-refractivity contribution in [3.05, 3.63) is 18.2 Å².